The van der Waals surface area contributed by atoms with E-state index in [0.717, 1.165) is 38.4 Å². The lowest BCUT2D eigenvalue weighted by Crippen LogP contribution is -2.35. The summed E-state index contributed by atoms with van der Waals surface area (Å²) in [6.07, 6.45) is 0. The minimum atomic E-state index is 0.202. The molecule has 0 aliphatic carbocycles. The molecule has 16 heavy (non-hydrogen) atoms. The van der Waals surface area contributed by atoms with Gasteiger partial charge < -0.3 is 14.6 Å². The third kappa shape index (κ3) is 2.65. The molecular formula is C12H17NO3. The summed E-state index contributed by atoms with van der Waals surface area (Å²) in [6, 6.07) is 5.54. The van der Waals surface area contributed by atoms with Crippen LogP contribution in [0.1, 0.15) is 5.56 Å². The first-order chi connectivity index (χ1) is 7.79. The van der Waals surface area contributed by atoms with Crippen LogP contribution in [0.2, 0.25) is 0 Å². The number of nitrogens with zero attached hydrogens (tertiary/aromatic N) is 1. The van der Waals surface area contributed by atoms with E-state index in [-0.39, 0.29) is 5.75 Å². The highest BCUT2D eigenvalue weighted by Crippen LogP contribution is 2.26. The maximum Gasteiger partial charge on any atom is 0.160 e. The van der Waals surface area contributed by atoms with Crippen molar-refractivity contribution in [2.45, 2.75) is 6.54 Å². The molecule has 4 heteroatoms. The SMILES string of the molecule is COc1ccc(CN2CCOCC2)cc1O. The number of benzene rings is 1. The molecule has 88 valence electrons. The Bertz CT molecular complexity index is 348. The Kier molecular flexibility index (Phi) is 3.64. The zero-order valence-electron chi connectivity index (χ0n) is 9.48. The summed E-state index contributed by atoms with van der Waals surface area (Å²) in [5.74, 6) is 0.721. The van der Waals surface area contributed by atoms with E-state index >= 15 is 0 Å². The topological polar surface area (TPSA) is 41.9 Å². The van der Waals surface area contributed by atoms with Gasteiger partial charge >= 0.3 is 0 Å². The van der Waals surface area contributed by atoms with Gasteiger partial charge in [-0.2, -0.15) is 0 Å². The van der Waals surface area contributed by atoms with E-state index in [1.807, 2.05) is 6.07 Å². The Morgan fingerprint density at radius 3 is 2.75 bits per heavy atom. The van der Waals surface area contributed by atoms with Gasteiger partial charge in [0.15, 0.2) is 11.5 Å². The third-order valence-electron chi connectivity index (χ3n) is 2.75. The Morgan fingerprint density at radius 2 is 2.12 bits per heavy atom. The lowest BCUT2D eigenvalue weighted by molar-refractivity contribution is 0.0341. The molecule has 0 aromatic heterocycles. The van der Waals surface area contributed by atoms with Gasteiger partial charge in [0.2, 0.25) is 0 Å². The Morgan fingerprint density at radius 1 is 1.38 bits per heavy atom. The number of phenolic OH excluding ortho intramolecular Hbond substituents is 1. The maximum atomic E-state index is 9.65. The van der Waals surface area contributed by atoms with Crippen molar-refractivity contribution in [2.75, 3.05) is 33.4 Å². The summed E-state index contributed by atoms with van der Waals surface area (Å²) in [5.41, 5.74) is 1.10. The predicted molar refractivity (Wildman–Crippen MR) is 60.8 cm³/mol. The van der Waals surface area contributed by atoms with Crippen LogP contribution in [0.3, 0.4) is 0 Å². The first-order valence-electron chi connectivity index (χ1n) is 5.45. The monoisotopic (exact) mass is 223 g/mol. The standard InChI is InChI=1S/C12H17NO3/c1-15-12-3-2-10(8-11(12)14)9-13-4-6-16-7-5-13/h2-3,8,14H,4-7,9H2,1H3. The van der Waals surface area contributed by atoms with Crippen LogP contribution in [0.15, 0.2) is 18.2 Å². The molecule has 1 aliphatic rings. The number of rotatable bonds is 3. The zero-order chi connectivity index (χ0) is 11.4. The van der Waals surface area contributed by atoms with Crippen LogP contribution < -0.4 is 4.74 Å². The minimum absolute atomic E-state index is 0.202. The summed E-state index contributed by atoms with van der Waals surface area (Å²) in [7, 11) is 1.55. The van der Waals surface area contributed by atoms with E-state index in [2.05, 4.69) is 4.90 Å². The van der Waals surface area contributed by atoms with Crippen molar-refractivity contribution < 1.29 is 14.6 Å². The van der Waals surface area contributed by atoms with E-state index in [4.69, 9.17) is 9.47 Å². The van der Waals surface area contributed by atoms with E-state index in [0.29, 0.717) is 5.75 Å². The second-order valence-corrected chi connectivity index (χ2v) is 3.89. The lowest BCUT2D eigenvalue weighted by atomic mass is 10.2. The van der Waals surface area contributed by atoms with Crippen LogP contribution in [-0.2, 0) is 11.3 Å². The van der Waals surface area contributed by atoms with Crippen molar-refractivity contribution in [3.63, 3.8) is 0 Å². The molecule has 2 rings (SSSR count). The normalized spacial score (nSPS) is 17.3. The van der Waals surface area contributed by atoms with Gasteiger partial charge in [0, 0.05) is 19.6 Å². The Labute approximate surface area is 95.4 Å². The quantitative estimate of drug-likeness (QED) is 0.837. The summed E-state index contributed by atoms with van der Waals surface area (Å²) in [6.45, 7) is 4.34. The molecule has 4 nitrogen and oxygen atoms in total. The molecule has 1 aromatic rings. The van der Waals surface area contributed by atoms with Crippen molar-refractivity contribution in [1.29, 1.82) is 0 Å². The van der Waals surface area contributed by atoms with Crippen molar-refractivity contribution in [2.24, 2.45) is 0 Å². The second kappa shape index (κ2) is 5.18. The zero-order valence-corrected chi connectivity index (χ0v) is 9.48. The molecule has 0 saturated carbocycles. The number of hydrogen-bond acceptors (Lipinski definition) is 4. The van der Waals surface area contributed by atoms with Crippen LogP contribution in [0.4, 0.5) is 0 Å². The van der Waals surface area contributed by atoms with E-state index in [1.54, 1.807) is 19.2 Å². The van der Waals surface area contributed by atoms with Crippen molar-refractivity contribution >= 4 is 0 Å². The highest BCUT2D eigenvalue weighted by Gasteiger charge is 2.11. The van der Waals surface area contributed by atoms with E-state index in [9.17, 15) is 5.11 Å². The number of phenols is 1. The summed E-state index contributed by atoms with van der Waals surface area (Å²) >= 11 is 0. The van der Waals surface area contributed by atoms with Crippen molar-refractivity contribution in [1.82, 2.24) is 4.90 Å². The number of aromatic hydroxyl groups is 1. The molecule has 0 atom stereocenters. The molecule has 0 amide bonds. The van der Waals surface area contributed by atoms with Crippen LogP contribution in [0.5, 0.6) is 11.5 Å². The van der Waals surface area contributed by atoms with Gasteiger partial charge in [0.25, 0.3) is 0 Å². The smallest absolute Gasteiger partial charge is 0.160 e. The first kappa shape index (κ1) is 11.2. The number of ether oxygens (including phenoxy) is 2. The largest absolute Gasteiger partial charge is 0.504 e. The maximum absolute atomic E-state index is 9.65. The molecule has 0 bridgehead atoms. The van der Waals surface area contributed by atoms with Gasteiger partial charge in [-0.1, -0.05) is 6.07 Å². The third-order valence-corrected chi connectivity index (χ3v) is 2.75. The number of morpholine rings is 1. The van der Waals surface area contributed by atoms with Crippen LogP contribution in [-0.4, -0.2) is 43.4 Å². The molecule has 1 aliphatic heterocycles. The molecule has 0 radical (unpaired) electrons. The van der Waals surface area contributed by atoms with Crippen LogP contribution in [0, 0.1) is 0 Å². The van der Waals surface area contributed by atoms with Crippen LogP contribution in [0.25, 0.3) is 0 Å². The fourth-order valence-corrected chi connectivity index (χ4v) is 1.85. The molecule has 0 unspecified atom stereocenters. The van der Waals surface area contributed by atoms with Crippen LogP contribution >= 0.6 is 0 Å². The number of methoxy groups -OCH3 is 1. The van der Waals surface area contributed by atoms with Crippen molar-refractivity contribution in [3.05, 3.63) is 23.8 Å². The van der Waals surface area contributed by atoms with Gasteiger partial charge in [-0.3, -0.25) is 4.90 Å². The highest BCUT2D eigenvalue weighted by molar-refractivity contribution is 5.41. The fraction of sp³-hybridized carbons (Fsp3) is 0.500. The first-order valence-corrected chi connectivity index (χ1v) is 5.45. The molecule has 1 heterocycles. The van der Waals surface area contributed by atoms with Gasteiger partial charge in [0.05, 0.1) is 20.3 Å². The Balaban J connectivity index is 2.01. The Hall–Kier alpha value is -1.26. The predicted octanol–water partition coefficient (Wildman–Crippen LogP) is 1.23. The van der Waals surface area contributed by atoms with Gasteiger partial charge in [-0.15, -0.1) is 0 Å². The summed E-state index contributed by atoms with van der Waals surface area (Å²) < 4.78 is 10.3. The summed E-state index contributed by atoms with van der Waals surface area (Å²) in [5, 5.41) is 9.65. The number of hydrogen-bond donors (Lipinski definition) is 1. The average Bonchev–Trinajstić information content (AvgIpc) is 2.31. The molecule has 1 saturated heterocycles. The minimum Gasteiger partial charge on any atom is -0.504 e. The van der Waals surface area contributed by atoms with E-state index < -0.39 is 0 Å². The lowest BCUT2D eigenvalue weighted by Gasteiger charge is -2.26. The highest BCUT2D eigenvalue weighted by atomic mass is 16.5. The van der Waals surface area contributed by atoms with Gasteiger partial charge in [-0.25, -0.2) is 0 Å². The van der Waals surface area contributed by atoms with E-state index in [1.165, 1.54) is 0 Å². The van der Waals surface area contributed by atoms with Crippen molar-refractivity contribution in [3.8, 4) is 11.5 Å². The molecule has 1 aromatic carbocycles. The molecule has 1 N–H and O–H groups in total. The van der Waals surface area contributed by atoms with Gasteiger partial charge in [0.1, 0.15) is 0 Å². The average molecular weight is 223 g/mol. The molecule has 1 fully saturated rings. The fourth-order valence-electron chi connectivity index (χ4n) is 1.85. The molecular weight excluding hydrogens is 206 g/mol. The molecule has 0 spiro atoms. The second-order valence-electron chi connectivity index (χ2n) is 3.89. The van der Waals surface area contributed by atoms with Gasteiger partial charge in [-0.05, 0) is 17.7 Å². The summed E-state index contributed by atoms with van der Waals surface area (Å²) in [4.78, 5) is 2.31.